The Bertz CT molecular complexity index is 371. The Hall–Kier alpha value is -0.650. The van der Waals surface area contributed by atoms with Crippen molar-refractivity contribution in [3.63, 3.8) is 0 Å². The van der Waals surface area contributed by atoms with Gasteiger partial charge in [0.1, 0.15) is 5.41 Å². The third kappa shape index (κ3) is 3.02. The van der Waals surface area contributed by atoms with Crippen molar-refractivity contribution < 1.29 is 43.9 Å². The molecule has 2 N–H and O–H groups in total. The summed E-state index contributed by atoms with van der Waals surface area (Å²) in [6, 6.07) is -0.740. The number of nitrogens with one attached hydrogen (secondary N) is 2. The zero-order chi connectivity index (χ0) is 13.1. The molecular formula is C12H18N2NaO3+. The van der Waals surface area contributed by atoms with E-state index < -0.39 is 23.3 Å². The Morgan fingerprint density at radius 2 is 1.72 bits per heavy atom. The summed E-state index contributed by atoms with van der Waals surface area (Å²) >= 11 is 0. The molecule has 0 aliphatic carbocycles. The number of imide groups is 2. The third-order valence-corrected chi connectivity index (χ3v) is 3.24. The first-order chi connectivity index (χ1) is 7.98. The Balaban J connectivity index is 0.00000289. The molecule has 0 radical (unpaired) electrons. The van der Waals surface area contributed by atoms with Crippen LogP contribution in [0.15, 0.2) is 11.6 Å². The van der Waals surface area contributed by atoms with Crippen molar-refractivity contribution in [2.75, 3.05) is 0 Å². The van der Waals surface area contributed by atoms with Crippen LogP contribution in [0.25, 0.3) is 0 Å². The van der Waals surface area contributed by atoms with Gasteiger partial charge in [0, 0.05) is 0 Å². The van der Waals surface area contributed by atoms with E-state index in [9.17, 15) is 14.4 Å². The number of hydrogen-bond donors (Lipinski definition) is 2. The molecule has 94 valence electrons. The molecule has 0 aromatic carbocycles. The van der Waals surface area contributed by atoms with Crippen molar-refractivity contribution in [1.82, 2.24) is 10.6 Å². The first-order valence-electron chi connectivity index (χ1n) is 5.79. The van der Waals surface area contributed by atoms with Crippen LogP contribution in [0.5, 0.6) is 0 Å². The number of carbonyl (C=O) groups is 3. The number of amides is 4. The first-order valence-corrected chi connectivity index (χ1v) is 5.79. The SMILES string of the molecule is C/C=C(/C)C1(CCCC)C(=O)NC(=O)NC1=O.[Na+]. The minimum absolute atomic E-state index is 0. The monoisotopic (exact) mass is 261 g/mol. The van der Waals surface area contributed by atoms with E-state index in [1.165, 1.54) is 0 Å². The molecule has 1 heterocycles. The molecule has 1 aliphatic heterocycles. The molecule has 0 aromatic heterocycles. The van der Waals surface area contributed by atoms with Crippen LogP contribution in [-0.4, -0.2) is 17.8 Å². The summed E-state index contributed by atoms with van der Waals surface area (Å²) in [5.41, 5.74) is -0.549. The van der Waals surface area contributed by atoms with E-state index >= 15 is 0 Å². The first kappa shape index (κ1) is 17.4. The minimum Gasteiger partial charge on any atom is -0.277 e. The van der Waals surface area contributed by atoms with Crippen LogP contribution in [0.4, 0.5) is 4.79 Å². The normalized spacial score (nSPS) is 18.8. The average molecular weight is 261 g/mol. The molecule has 4 amide bonds. The number of barbiturate groups is 1. The topological polar surface area (TPSA) is 75.3 Å². The molecule has 6 heteroatoms. The van der Waals surface area contributed by atoms with E-state index in [1.807, 2.05) is 6.92 Å². The number of rotatable bonds is 4. The minimum atomic E-state index is -1.22. The average Bonchev–Trinajstić information content (AvgIpc) is 2.27. The molecule has 0 bridgehead atoms. The summed E-state index contributed by atoms with van der Waals surface area (Å²) in [5.74, 6) is -1.04. The molecule has 1 rings (SSSR count). The van der Waals surface area contributed by atoms with Crippen molar-refractivity contribution >= 4 is 17.8 Å². The summed E-state index contributed by atoms with van der Waals surface area (Å²) in [5, 5.41) is 4.35. The standard InChI is InChI=1S/C12H18N2O3.Na/c1-4-6-7-12(8(3)5-2)9(15)13-11(17)14-10(12)16;/h5H,4,6-7H2,1-3H3,(H2,13,14,15,16,17);/q;+1/b8-5-;. The van der Waals surface area contributed by atoms with Crippen LogP contribution in [0, 0.1) is 5.41 Å². The second-order valence-corrected chi connectivity index (χ2v) is 4.22. The van der Waals surface area contributed by atoms with Gasteiger partial charge in [-0.1, -0.05) is 31.4 Å². The van der Waals surface area contributed by atoms with Crippen LogP contribution in [0.2, 0.25) is 0 Å². The maximum absolute atomic E-state index is 12.0. The van der Waals surface area contributed by atoms with Crippen molar-refractivity contribution in [2.24, 2.45) is 5.41 Å². The van der Waals surface area contributed by atoms with Gasteiger partial charge >= 0.3 is 35.6 Å². The molecule has 1 aliphatic rings. The van der Waals surface area contributed by atoms with E-state index in [-0.39, 0.29) is 29.6 Å². The summed E-state index contributed by atoms with van der Waals surface area (Å²) < 4.78 is 0. The summed E-state index contributed by atoms with van der Waals surface area (Å²) in [6.07, 6.45) is 3.79. The Morgan fingerprint density at radius 3 is 2.11 bits per heavy atom. The van der Waals surface area contributed by atoms with E-state index in [4.69, 9.17) is 0 Å². The molecule has 1 saturated heterocycles. The molecule has 0 saturated carbocycles. The van der Waals surface area contributed by atoms with E-state index in [0.29, 0.717) is 12.0 Å². The zero-order valence-electron chi connectivity index (χ0n) is 11.4. The summed E-state index contributed by atoms with van der Waals surface area (Å²) in [6.45, 7) is 5.51. The maximum atomic E-state index is 12.0. The quantitative estimate of drug-likeness (QED) is 0.367. The van der Waals surface area contributed by atoms with Crippen molar-refractivity contribution in [1.29, 1.82) is 0 Å². The van der Waals surface area contributed by atoms with Gasteiger partial charge in [-0.25, -0.2) is 4.79 Å². The van der Waals surface area contributed by atoms with E-state index in [2.05, 4.69) is 10.6 Å². The van der Waals surface area contributed by atoms with Crippen LogP contribution in [0.3, 0.4) is 0 Å². The fourth-order valence-corrected chi connectivity index (χ4v) is 2.02. The molecular weight excluding hydrogens is 243 g/mol. The second kappa shape index (κ2) is 7.07. The molecule has 0 atom stereocenters. The van der Waals surface area contributed by atoms with Gasteiger partial charge in [0.15, 0.2) is 0 Å². The van der Waals surface area contributed by atoms with Crippen LogP contribution in [-0.2, 0) is 9.59 Å². The zero-order valence-corrected chi connectivity index (χ0v) is 13.4. The van der Waals surface area contributed by atoms with Gasteiger partial charge in [-0.15, -0.1) is 0 Å². The fourth-order valence-electron chi connectivity index (χ4n) is 2.02. The number of hydrogen-bond acceptors (Lipinski definition) is 3. The molecule has 0 spiro atoms. The largest absolute Gasteiger partial charge is 1.00 e. The van der Waals surface area contributed by atoms with Crippen molar-refractivity contribution in [3.8, 4) is 0 Å². The van der Waals surface area contributed by atoms with Gasteiger partial charge in [-0.2, -0.15) is 0 Å². The number of carbonyl (C=O) groups excluding carboxylic acids is 3. The number of urea groups is 1. The Morgan fingerprint density at radius 1 is 1.22 bits per heavy atom. The van der Waals surface area contributed by atoms with Crippen molar-refractivity contribution in [2.45, 2.75) is 40.0 Å². The summed E-state index contributed by atoms with van der Waals surface area (Å²) in [4.78, 5) is 35.1. The Labute approximate surface area is 129 Å². The van der Waals surface area contributed by atoms with Crippen LogP contribution in [0.1, 0.15) is 40.0 Å². The maximum Gasteiger partial charge on any atom is 1.00 e. The molecule has 18 heavy (non-hydrogen) atoms. The summed E-state index contributed by atoms with van der Waals surface area (Å²) in [7, 11) is 0. The molecule has 0 aromatic rings. The predicted molar refractivity (Wildman–Crippen MR) is 63.1 cm³/mol. The van der Waals surface area contributed by atoms with Gasteiger partial charge in [-0.05, 0) is 20.3 Å². The second-order valence-electron chi connectivity index (χ2n) is 4.22. The molecule has 1 fully saturated rings. The van der Waals surface area contributed by atoms with Crippen molar-refractivity contribution in [3.05, 3.63) is 11.6 Å². The number of allylic oxidation sites excluding steroid dienone is 1. The van der Waals surface area contributed by atoms with Gasteiger partial charge in [0.2, 0.25) is 11.8 Å². The predicted octanol–water partition coefficient (Wildman–Crippen LogP) is -1.50. The van der Waals surface area contributed by atoms with Gasteiger partial charge in [0.25, 0.3) is 0 Å². The molecule has 5 nitrogen and oxygen atoms in total. The van der Waals surface area contributed by atoms with E-state index in [0.717, 1.165) is 12.8 Å². The fraction of sp³-hybridized carbons (Fsp3) is 0.583. The molecule has 0 unspecified atom stereocenters. The third-order valence-electron chi connectivity index (χ3n) is 3.24. The van der Waals surface area contributed by atoms with Crippen LogP contribution >= 0.6 is 0 Å². The number of unbranched alkanes of at least 4 members (excludes halogenated alkanes) is 1. The van der Waals surface area contributed by atoms with Gasteiger partial charge in [0.05, 0.1) is 0 Å². The van der Waals surface area contributed by atoms with Gasteiger partial charge < -0.3 is 0 Å². The van der Waals surface area contributed by atoms with Crippen LogP contribution < -0.4 is 40.2 Å². The smallest absolute Gasteiger partial charge is 0.277 e. The van der Waals surface area contributed by atoms with E-state index in [1.54, 1.807) is 19.9 Å². The van der Waals surface area contributed by atoms with Gasteiger partial charge in [-0.3, -0.25) is 20.2 Å². The Kier molecular flexibility index (Phi) is 6.81.